The number of amides is 3. The molecule has 1 fully saturated rings. The van der Waals surface area contributed by atoms with Crippen molar-refractivity contribution in [1.82, 2.24) is 14.8 Å². The molecule has 1 aliphatic rings. The Morgan fingerprint density at radius 3 is 2.48 bits per heavy atom. The van der Waals surface area contributed by atoms with Gasteiger partial charge in [0, 0.05) is 39.1 Å². The third-order valence-corrected chi connectivity index (χ3v) is 5.92. The minimum absolute atomic E-state index is 0.268. The number of hydrogen-bond donors (Lipinski definition) is 1. The molecule has 1 aromatic heterocycles. The van der Waals surface area contributed by atoms with E-state index in [1.54, 1.807) is 25.1 Å². The molecule has 2 heterocycles. The van der Waals surface area contributed by atoms with Gasteiger partial charge in [-0.3, -0.25) is 14.5 Å². The highest BCUT2D eigenvalue weighted by Gasteiger charge is 2.50. The molecule has 1 N–H and O–H groups in total. The van der Waals surface area contributed by atoms with Crippen LogP contribution < -0.4 is 5.32 Å². The standard InChI is InChI=1S/C21H23Cl2N3O3/c1-5-8-25-12(2)9-15(13(25)3)18(27)11-26-19(28)21(4,24-20(26)29)16-7-6-14(22)10-17(16)23/h6-7,9-10H,5,8,11H2,1-4H3,(H,24,29)/t21-/m1/s1. The van der Waals surface area contributed by atoms with Crippen molar-refractivity contribution in [3.05, 3.63) is 56.8 Å². The SMILES string of the molecule is CCCn1c(C)cc(C(=O)CN2C(=O)N[C@](C)(c3ccc(Cl)cc3Cl)C2=O)c1C. The molecule has 0 spiro atoms. The molecule has 0 bridgehead atoms. The summed E-state index contributed by atoms with van der Waals surface area (Å²) in [6, 6.07) is 5.90. The average Bonchev–Trinajstić information content (AvgIpc) is 3.04. The molecule has 0 aliphatic carbocycles. The maximum atomic E-state index is 13.1. The van der Waals surface area contributed by atoms with Crippen LogP contribution in [0.4, 0.5) is 4.79 Å². The number of ketones is 1. The summed E-state index contributed by atoms with van der Waals surface area (Å²) in [5.41, 5.74) is 1.40. The van der Waals surface area contributed by atoms with E-state index in [1.807, 2.05) is 13.8 Å². The van der Waals surface area contributed by atoms with Crippen molar-refractivity contribution in [3.63, 3.8) is 0 Å². The molecule has 1 atom stereocenters. The van der Waals surface area contributed by atoms with Crippen LogP contribution in [0, 0.1) is 13.8 Å². The molecular weight excluding hydrogens is 413 g/mol. The highest BCUT2D eigenvalue weighted by atomic mass is 35.5. The van der Waals surface area contributed by atoms with Gasteiger partial charge in [-0.15, -0.1) is 0 Å². The predicted octanol–water partition coefficient (Wildman–Crippen LogP) is 4.47. The lowest BCUT2D eigenvalue weighted by atomic mass is 9.92. The highest BCUT2D eigenvalue weighted by Crippen LogP contribution is 2.35. The van der Waals surface area contributed by atoms with Crippen LogP contribution in [0.3, 0.4) is 0 Å². The van der Waals surface area contributed by atoms with Gasteiger partial charge >= 0.3 is 6.03 Å². The summed E-state index contributed by atoms with van der Waals surface area (Å²) in [4.78, 5) is 39.5. The lowest BCUT2D eigenvalue weighted by Gasteiger charge is -2.23. The molecule has 1 saturated heterocycles. The second-order valence-electron chi connectivity index (χ2n) is 7.43. The minimum Gasteiger partial charge on any atom is -0.348 e. The molecule has 0 saturated carbocycles. The molecule has 1 aromatic carbocycles. The Kier molecular flexibility index (Phi) is 5.79. The zero-order valence-corrected chi connectivity index (χ0v) is 18.3. The van der Waals surface area contributed by atoms with Crippen molar-refractivity contribution in [1.29, 1.82) is 0 Å². The molecule has 1 aliphatic heterocycles. The van der Waals surface area contributed by atoms with Crippen LogP contribution in [0.2, 0.25) is 10.0 Å². The van der Waals surface area contributed by atoms with Crippen LogP contribution in [-0.2, 0) is 16.9 Å². The smallest absolute Gasteiger partial charge is 0.325 e. The van der Waals surface area contributed by atoms with Crippen molar-refractivity contribution in [3.8, 4) is 0 Å². The first-order chi connectivity index (χ1) is 13.6. The molecule has 3 rings (SSSR count). The third kappa shape index (κ3) is 3.67. The van der Waals surface area contributed by atoms with E-state index in [0.717, 1.165) is 29.3 Å². The minimum atomic E-state index is -1.36. The highest BCUT2D eigenvalue weighted by molar-refractivity contribution is 6.35. The van der Waals surface area contributed by atoms with Crippen LogP contribution >= 0.6 is 23.2 Å². The van der Waals surface area contributed by atoms with Gasteiger partial charge < -0.3 is 9.88 Å². The second kappa shape index (κ2) is 7.84. The predicted molar refractivity (Wildman–Crippen MR) is 113 cm³/mol. The Balaban J connectivity index is 1.87. The number of aryl methyl sites for hydroxylation is 1. The Morgan fingerprint density at radius 2 is 1.86 bits per heavy atom. The monoisotopic (exact) mass is 435 g/mol. The van der Waals surface area contributed by atoms with Crippen LogP contribution in [0.15, 0.2) is 24.3 Å². The topological polar surface area (TPSA) is 71.4 Å². The molecule has 3 amide bonds. The summed E-state index contributed by atoms with van der Waals surface area (Å²) in [5.74, 6) is -0.808. The van der Waals surface area contributed by atoms with Crippen molar-refractivity contribution in [2.75, 3.05) is 6.54 Å². The van der Waals surface area contributed by atoms with Crippen LogP contribution in [0.5, 0.6) is 0 Å². The molecule has 8 heteroatoms. The zero-order chi connectivity index (χ0) is 21.5. The first-order valence-corrected chi connectivity index (χ1v) is 10.1. The van der Waals surface area contributed by atoms with Crippen molar-refractivity contribution in [2.24, 2.45) is 0 Å². The molecule has 0 radical (unpaired) electrons. The van der Waals surface area contributed by atoms with Crippen molar-refractivity contribution in [2.45, 2.75) is 46.2 Å². The average molecular weight is 436 g/mol. The number of nitrogens with one attached hydrogen (secondary N) is 1. The van der Waals surface area contributed by atoms with Gasteiger partial charge in [0.25, 0.3) is 5.91 Å². The number of urea groups is 1. The van der Waals surface area contributed by atoms with E-state index < -0.39 is 17.5 Å². The zero-order valence-electron chi connectivity index (χ0n) is 16.8. The van der Waals surface area contributed by atoms with Gasteiger partial charge in [0.05, 0.1) is 6.54 Å². The van der Waals surface area contributed by atoms with E-state index in [2.05, 4.69) is 16.8 Å². The summed E-state index contributed by atoms with van der Waals surface area (Å²) in [5, 5.41) is 3.36. The lowest BCUT2D eigenvalue weighted by molar-refractivity contribution is -0.130. The number of carbonyl (C=O) groups is 3. The number of aromatic nitrogens is 1. The van der Waals surface area contributed by atoms with E-state index in [1.165, 1.54) is 6.07 Å². The Bertz CT molecular complexity index is 1010. The van der Waals surface area contributed by atoms with Gasteiger partial charge in [-0.1, -0.05) is 36.2 Å². The van der Waals surface area contributed by atoms with Gasteiger partial charge in [-0.2, -0.15) is 0 Å². The summed E-state index contributed by atoms with van der Waals surface area (Å²) in [6.45, 7) is 7.92. The molecule has 6 nitrogen and oxygen atoms in total. The molecule has 0 unspecified atom stereocenters. The maximum absolute atomic E-state index is 13.1. The molecule has 29 heavy (non-hydrogen) atoms. The molecular formula is C21H23Cl2N3O3. The van der Waals surface area contributed by atoms with E-state index >= 15 is 0 Å². The van der Waals surface area contributed by atoms with Crippen LogP contribution in [0.1, 0.15) is 47.6 Å². The van der Waals surface area contributed by atoms with Crippen LogP contribution in [0.25, 0.3) is 0 Å². The molecule has 154 valence electrons. The fourth-order valence-corrected chi connectivity index (χ4v) is 4.40. The van der Waals surface area contributed by atoms with Gasteiger partial charge in [-0.25, -0.2) is 4.79 Å². The summed E-state index contributed by atoms with van der Waals surface area (Å²) < 4.78 is 2.07. The molecule has 2 aromatic rings. The largest absolute Gasteiger partial charge is 0.348 e. The van der Waals surface area contributed by atoms with Crippen molar-refractivity contribution >= 4 is 40.9 Å². The number of halogens is 2. The lowest BCUT2D eigenvalue weighted by Crippen LogP contribution is -2.41. The Morgan fingerprint density at radius 1 is 1.17 bits per heavy atom. The number of hydrogen-bond acceptors (Lipinski definition) is 3. The quantitative estimate of drug-likeness (QED) is 0.537. The number of imide groups is 1. The number of nitrogens with zero attached hydrogens (tertiary/aromatic N) is 2. The third-order valence-electron chi connectivity index (χ3n) is 5.37. The van der Waals surface area contributed by atoms with Gasteiger partial charge in [0.15, 0.2) is 5.78 Å². The van der Waals surface area contributed by atoms with Gasteiger partial charge in [-0.05, 0) is 45.4 Å². The van der Waals surface area contributed by atoms with Crippen molar-refractivity contribution < 1.29 is 14.4 Å². The fraction of sp³-hybridized carbons (Fsp3) is 0.381. The number of rotatable bonds is 6. The number of carbonyl (C=O) groups excluding carboxylic acids is 3. The summed E-state index contributed by atoms with van der Waals surface area (Å²) in [7, 11) is 0. The number of Topliss-reactive ketones (excluding diaryl/α,β-unsaturated/α-hetero) is 1. The van der Waals surface area contributed by atoms with Crippen LogP contribution in [-0.4, -0.2) is 33.7 Å². The number of benzene rings is 1. The maximum Gasteiger partial charge on any atom is 0.325 e. The summed E-state index contributed by atoms with van der Waals surface area (Å²) in [6.07, 6.45) is 0.942. The van der Waals surface area contributed by atoms with E-state index in [-0.39, 0.29) is 17.4 Å². The van der Waals surface area contributed by atoms with E-state index in [9.17, 15) is 14.4 Å². The first-order valence-electron chi connectivity index (χ1n) is 9.39. The van der Waals surface area contributed by atoms with E-state index in [4.69, 9.17) is 23.2 Å². The second-order valence-corrected chi connectivity index (χ2v) is 8.27. The normalized spacial score (nSPS) is 19.0. The fourth-order valence-electron chi connectivity index (χ4n) is 3.80. The van der Waals surface area contributed by atoms with Gasteiger partial charge in [0.2, 0.25) is 0 Å². The Hall–Kier alpha value is -2.31. The Labute approximate surface area is 179 Å². The van der Waals surface area contributed by atoms with Gasteiger partial charge in [0.1, 0.15) is 5.54 Å². The van der Waals surface area contributed by atoms with E-state index in [0.29, 0.717) is 16.1 Å². The summed E-state index contributed by atoms with van der Waals surface area (Å²) >= 11 is 12.2. The first kappa shape index (κ1) is 21.4.